The number of aliphatic hydroxyl groups is 1. The Labute approximate surface area is 300 Å². The quantitative estimate of drug-likeness (QED) is 0.0513. The van der Waals surface area contributed by atoms with Crippen LogP contribution in [0.2, 0.25) is 16.6 Å². The molecule has 0 unspecified atom stereocenters. The minimum absolute atomic E-state index is 0.00728. The van der Waals surface area contributed by atoms with Crippen molar-refractivity contribution >= 4 is 26.2 Å². The lowest BCUT2D eigenvalue weighted by Gasteiger charge is -2.46. The molecule has 9 atom stereocenters. The van der Waals surface area contributed by atoms with E-state index in [9.17, 15) is 19.5 Å². The van der Waals surface area contributed by atoms with Crippen LogP contribution < -0.4 is 0 Å². The molecule has 1 fully saturated rings. The molecule has 0 aliphatic heterocycles. The highest BCUT2D eigenvalue weighted by Crippen LogP contribution is 2.46. The molecule has 1 N–H and O–H groups in total. The molecule has 0 aromatic heterocycles. The van der Waals surface area contributed by atoms with Gasteiger partial charge in [-0.05, 0) is 90.8 Å². The van der Waals surface area contributed by atoms with E-state index in [-0.39, 0.29) is 54.2 Å². The van der Waals surface area contributed by atoms with Crippen LogP contribution in [0, 0.1) is 35.5 Å². The molecule has 0 aromatic carbocycles. The normalized spacial score (nSPS) is 21.6. The second kappa shape index (κ2) is 22.1. The Balaban J connectivity index is 3.04. The lowest BCUT2D eigenvalue weighted by Crippen LogP contribution is -2.52. The average Bonchev–Trinajstić information content (AvgIpc) is 3.50. The summed E-state index contributed by atoms with van der Waals surface area (Å²) in [5.41, 5.74) is 1.32. The standard InChI is InChI=1S/C40H72O8Si/c1-26(2)49(27(3)4,28(5)6)48-38(34-18-17-19-35(34)40(44)46-13)21-16-14-15-20-37(47-33(11)41)32(10)24-30(8)22-29(7)23-31(9)36(42)25-39(43)45-12/h14-16,20,26-32,34-38,42H,17-19,21-25H2,1-13H3/b16-14+,20-15-/t29-,30+,31-,32-,34+,35+,36-,37-,38-/m0/s1. The molecular formula is C40H72O8Si. The molecule has 9 heteroatoms. The Hall–Kier alpha value is -1.97. The van der Waals surface area contributed by atoms with Gasteiger partial charge in [0.25, 0.3) is 0 Å². The third kappa shape index (κ3) is 14.3. The molecule has 0 bridgehead atoms. The molecule has 1 aliphatic rings. The van der Waals surface area contributed by atoms with E-state index in [1.807, 2.05) is 25.2 Å². The van der Waals surface area contributed by atoms with Crippen LogP contribution in [-0.4, -0.2) is 63.9 Å². The van der Waals surface area contributed by atoms with Crippen molar-refractivity contribution < 1.29 is 38.1 Å². The minimum atomic E-state index is -2.20. The van der Waals surface area contributed by atoms with Crippen molar-refractivity contribution in [3.8, 4) is 0 Å². The second-order valence-electron chi connectivity index (χ2n) is 16.0. The molecule has 0 aromatic rings. The number of hydrogen-bond acceptors (Lipinski definition) is 8. The highest BCUT2D eigenvalue weighted by atomic mass is 28.4. The van der Waals surface area contributed by atoms with Crippen molar-refractivity contribution in [3.05, 3.63) is 24.3 Å². The number of hydrogen-bond donors (Lipinski definition) is 1. The van der Waals surface area contributed by atoms with E-state index in [0.29, 0.717) is 34.9 Å². The lowest BCUT2D eigenvalue weighted by molar-refractivity contribution is -0.148. The zero-order valence-electron chi connectivity index (χ0n) is 33.2. The van der Waals surface area contributed by atoms with E-state index in [0.717, 1.165) is 38.5 Å². The molecule has 49 heavy (non-hydrogen) atoms. The van der Waals surface area contributed by atoms with Gasteiger partial charge in [0.2, 0.25) is 8.32 Å². The summed E-state index contributed by atoms with van der Waals surface area (Å²) >= 11 is 0. The number of esters is 3. The van der Waals surface area contributed by atoms with Crippen LogP contribution in [0.3, 0.4) is 0 Å². The van der Waals surface area contributed by atoms with Crippen molar-refractivity contribution in [2.24, 2.45) is 35.5 Å². The van der Waals surface area contributed by atoms with Gasteiger partial charge >= 0.3 is 17.9 Å². The largest absolute Gasteiger partial charge is 0.469 e. The first kappa shape index (κ1) is 45.0. The predicted molar refractivity (Wildman–Crippen MR) is 200 cm³/mol. The number of methoxy groups -OCH3 is 2. The SMILES string of the molecule is COC(=O)C[C@H](O)[C@@H](C)C[C@@H](C)C[C@@H](C)C[C@H](C)[C@H](/C=C\C=C\C[C@H](O[Si](C(C)C)(C(C)C)C(C)C)[C@@H]1CCC[C@H]1C(=O)OC)OC(C)=O. The molecule has 0 heterocycles. The monoisotopic (exact) mass is 708 g/mol. The molecule has 1 saturated carbocycles. The van der Waals surface area contributed by atoms with Gasteiger partial charge in [0.1, 0.15) is 6.10 Å². The second-order valence-corrected chi connectivity index (χ2v) is 21.4. The number of ether oxygens (including phenoxy) is 3. The Morgan fingerprint density at radius 1 is 0.796 bits per heavy atom. The van der Waals surface area contributed by atoms with E-state index in [1.165, 1.54) is 21.1 Å². The summed E-state index contributed by atoms with van der Waals surface area (Å²) in [6.07, 6.45) is 13.2. The summed E-state index contributed by atoms with van der Waals surface area (Å²) < 4.78 is 23.0. The predicted octanol–water partition coefficient (Wildman–Crippen LogP) is 9.21. The Morgan fingerprint density at radius 3 is 1.88 bits per heavy atom. The van der Waals surface area contributed by atoms with Gasteiger partial charge in [-0.15, -0.1) is 0 Å². The molecule has 1 rings (SSSR count). The first-order chi connectivity index (χ1) is 22.9. The molecule has 8 nitrogen and oxygen atoms in total. The smallest absolute Gasteiger partial charge is 0.309 e. The maximum atomic E-state index is 12.8. The number of carbonyl (C=O) groups excluding carboxylic acids is 3. The minimum Gasteiger partial charge on any atom is -0.469 e. The third-order valence-corrected chi connectivity index (χ3v) is 17.1. The van der Waals surface area contributed by atoms with Crippen LogP contribution in [0.15, 0.2) is 24.3 Å². The lowest BCUT2D eigenvalue weighted by atomic mass is 9.83. The van der Waals surface area contributed by atoms with E-state index >= 15 is 0 Å². The summed E-state index contributed by atoms with van der Waals surface area (Å²) in [6.45, 7) is 23.7. The van der Waals surface area contributed by atoms with Crippen molar-refractivity contribution in [3.63, 3.8) is 0 Å². The maximum absolute atomic E-state index is 12.8. The molecule has 0 amide bonds. The number of rotatable bonds is 22. The van der Waals surface area contributed by atoms with Gasteiger partial charge in [0.05, 0.1) is 38.8 Å². The molecule has 0 radical (unpaired) electrons. The fourth-order valence-electron chi connectivity index (χ4n) is 8.76. The van der Waals surface area contributed by atoms with Gasteiger partial charge < -0.3 is 23.7 Å². The fraction of sp³-hybridized carbons (Fsp3) is 0.825. The highest BCUT2D eigenvalue weighted by molar-refractivity contribution is 6.77. The zero-order chi connectivity index (χ0) is 37.5. The van der Waals surface area contributed by atoms with E-state index < -0.39 is 20.4 Å². The average molecular weight is 709 g/mol. The molecule has 0 saturated heterocycles. The van der Waals surface area contributed by atoms with E-state index in [1.54, 1.807) is 0 Å². The summed E-state index contributed by atoms with van der Waals surface area (Å²) in [5.74, 6) is 0.0266. The number of allylic oxidation sites excluding steroid dienone is 2. The van der Waals surface area contributed by atoms with Gasteiger partial charge in [0, 0.05) is 6.92 Å². The van der Waals surface area contributed by atoms with Gasteiger partial charge in [-0.25, -0.2) is 0 Å². The topological polar surface area (TPSA) is 108 Å². The summed E-state index contributed by atoms with van der Waals surface area (Å²) in [7, 11) is 0.624. The van der Waals surface area contributed by atoms with Crippen LogP contribution >= 0.6 is 0 Å². The van der Waals surface area contributed by atoms with Crippen LogP contribution in [0.25, 0.3) is 0 Å². The Bertz CT molecular complexity index is 1030. The molecule has 0 spiro atoms. The molecular weight excluding hydrogens is 637 g/mol. The Kier molecular flexibility index (Phi) is 20.3. The first-order valence-electron chi connectivity index (χ1n) is 18.9. The van der Waals surface area contributed by atoms with Crippen LogP contribution in [0.4, 0.5) is 0 Å². The van der Waals surface area contributed by atoms with Crippen LogP contribution in [0.5, 0.6) is 0 Å². The van der Waals surface area contributed by atoms with Crippen molar-refractivity contribution in [2.75, 3.05) is 14.2 Å². The van der Waals surface area contributed by atoms with Crippen molar-refractivity contribution in [2.45, 2.75) is 162 Å². The summed E-state index contributed by atoms with van der Waals surface area (Å²) in [4.78, 5) is 36.4. The maximum Gasteiger partial charge on any atom is 0.309 e. The molecule has 284 valence electrons. The first-order valence-corrected chi connectivity index (χ1v) is 21.1. The third-order valence-electron chi connectivity index (χ3n) is 11.0. The van der Waals surface area contributed by atoms with Gasteiger partial charge in [-0.1, -0.05) is 93.9 Å². The summed E-state index contributed by atoms with van der Waals surface area (Å²) in [6, 6.07) is 0. The molecule has 1 aliphatic carbocycles. The zero-order valence-corrected chi connectivity index (χ0v) is 34.2. The van der Waals surface area contributed by atoms with Gasteiger partial charge in [-0.2, -0.15) is 0 Å². The van der Waals surface area contributed by atoms with E-state index in [2.05, 4.69) is 68.4 Å². The fourth-order valence-corrected chi connectivity index (χ4v) is 14.4. The van der Waals surface area contributed by atoms with Crippen LogP contribution in [-0.2, 0) is 33.0 Å². The summed E-state index contributed by atoms with van der Waals surface area (Å²) in [5, 5.41) is 10.4. The van der Waals surface area contributed by atoms with E-state index in [4.69, 9.17) is 18.6 Å². The van der Waals surface area contributed by atoms with Gasteiger partial charge in [-0.3, -0.25) is 14.4 Å². The van der Waals surface area contributed by atoms with Gasteiger partial charge in [0.15, 0.2) is 0 Å². The van der Waals surface area contributed by atoms with Crippen molar-refractivity contribution in [1.82, 2.24) is 0 Å². The van der Waals surface area contributed by atoms with Crippen LogP contribution in [0.1, 0.15) is 128 Å². The number of carbonyl (C=O) groups is 3. The number of aliphatic hydroxyl groups excluding tert-OH is 1. The Morgan fingerprint density at radius 2 is 1.37 bits per heavy atom. The highest BCUT2D eigenvalue weighted by Gasteiger charge is 2.49. The van der Waals surface area contributed by atoms with Crippen molar-refractivity contribution in [1.29, 1.82) is 0 Å².